The molecule has 6 heteroatoms. The highest BCUT2D eigenvalue weighted by molar-refractivity contribution is 5.99. The third-order valence-electron chi connectivity index (χ3n) is 4.43. The first-order chi connectivity index (χ1) is 11.1. The van der Waals surface area contributed by atoms with Crippen LogP contribution in [0, 0.1) is 5.92 Å². The van der Waals surface area contributed by atoms with Crippen LogP contribution in [0.5, 0.6) is 0 Å². The first-order valence-electron chi connectivity index (χ1n) is 8.46. The molecule has 1 fully saturated rings. The van der Waals surface area contributed by atoms with Crippen LogP contribution in [0.15, 0.2) is 24.3 Å². The molecule has 24 heavy (non-hydrogen) atoms. The number of rotatable bonds is 6. The second kappa shape index (κ2) is 10.3. The zero-order chi connectivity index (χ0) is 16.7. The minimum atomic E-state index is -0.109. The van der Waals surface area contributed by atoms with Crippen LogP contribution >= 0.6 is 12.4 Å². The molecule has 1 atom stereocenters. The van der Waals surface area contributed by atoms with Gasteiger partial charge in [-0.25, -0.2) is 0 Å². The van der Waals surface area contributed by atoms with Crippen molar-refractivity contribution in [2.75, 3.05) is 33.2 Å². The number of piperidine rings is 1. The summed E-state index contributed by atoms with van der Waals surface area (Å²) < 4.78 is 0. The highest BCUT2D eigenvalue weighted by Crippen LogP contribution is 2.13. The molecular weight excluding hydrogens is 326 g/mol. The van der Waals surface area contributed by atoms with Crippen molar-refractivity contribution in [3.05, 3.63) is 35.4 Å². The van der Waals surface area contributed by atoms with E-state index in [4.69, 9.17) is 0 Å². The van der Waals surface area contributed by atoms with Gasteiger partial charge in [0.1, 0.15) is 0 Å². The van der Waals surface area contributed by atoms with E-state index in [0.717, 1.165) is 19.5 Å². The largest absolute Gasteiger partial charge is 0.352 e. The number of carbonyl (C=O) groups is 2. The van der Waals surface area contributed by atoms with E-state index in [1.54, 1.807) is 36.2 Å². The summed E-state index contributed by atoms with van der Waals surface area (Å²) in [7, 11) is 1.76. The van der Waals surface area contributed by atoms with Crippen LogP contribution in [0.2, 0.25) is 0 Å². The summed E-state index contributed by atoms with van der Waals surface area (Å²) >= 11 is 0. The van der Waals surface area contributed by atoms with E-state index in [9.17, 15) is 9.59 Å². The van der Waals surface area contributed by atoms with Crippen molar-refractivity contribution in [1.82, 2.24) is 15.5 Å². The third-order valence-corrected chi connectivity index (χ3v) is 4.43. The molecule has 0 bridgehead atoms. The van der Waals surface area contributed by atoms with Gasteiger partial charge in [-0.2, -0.15) is 0 Å². The van der Waals surface area contributed by atoms with Gasteiger partial charge in [-0.1, -0.05) is 6.07 Å². The minimum Gasteiger partial charge on any atom is -0.352 e. The molecule has 0 radical (unpaired) electrons. The SMILES string of the molecule is CCN(C)C(=O)c1cccc(C(=O)NCCC2CCCNC2)c1.Cl. The smallest absolute Gasteiger partial charge is 0.253 e. The lowest BCUT2D eigenvalue weighted by Gasteiger charge is -2.22. The van der Waals surface area contributed by atoms with Crippen molar-refractivity contribution in [3.63, 3.8) is 0 Å². The molecule has 0 aromatic heterocycles. The second-order valence-electron chi connectivity index (χ2n) is 6.16. The zero-order valence-electron chi connectivity index (χ0n) is 14.5. The molecule has 2 amide bonds. The Bertz CT molecular complexity index is 545. The summed E-state index contributed by atoms with van der Waals surface area (Å²) in [5, 5.41) is 6.35. The predicted molar refractivity (Wildman–Crippen MR) is 98.9 cm³/mol. The number of benzene rings is 1. The van der Waals surface area contributed by atoms with Gasteiger partial charge in [-0.15, -0.1) is 12.4 Å². The molecule has 5 nitrogen and oxygen atoms in total. The summed E-state index contributed by atoms with van der Waals surface area (Å²) in [6.45, 7) is 5.40. The Morgan fingerprint density at radius 2 is 2.08 bits per heavy atom. The molecule has 1 heterocycles. The van der Waals surface area contributed by atoms with E-state index < -0.39 is 0 Å². The van der Waals surface area contributed by atoms with Crippen molar-refractivity contribution < 1.29 is 9.59 Å². The maximum Gasteiger partial charge on any atom is 0.253 e. The summed E-state index contributed by atoms with van der Waals surface area (Å²) in [5.74, 6) is 0.480. The fourth-order valence-electron chi connectivity index (χ4n) is 2.82. The number of nitrogens with zero attached hydrogens (tertiary/aromatic N) is 1. The van der Waals surface area contributed by atoms with E-state index in [-0.39, 0.29) is 24.2 Å². The monoisotopic (exact) mass is 353 g/mol. The minimum absolute atomic E-state index is 0. The van der Waals surface area contributed by atoms with Crippen LogP contribution in [0.3, 0.4) is 0 Å². The molecule has 1 aromatic rings. The fourth-order valence-corrected chi connectivity index (χ4v) is 2.82. The van der Waals surface area contributed by atoms with Crippen LogP contribution in [0.4, 0.5) is 0 Å². The van der Waals surface area contributed by atoms with Crippen LogP contribution in [-0.4, -0.2) is 49.9 Å². The van der Waals surface area contributed by atoms with E-state index in [1.807, 2.05) is 6.92 Å². The molecule has 1 unspecified atom stereocenters. The number of amides is 2. The zero-order valence-corrected chi connectivity index (χ0v) is 15.3. The number of nitrogens with one attached hydrogen (secondary N) is 2. The first-order valence-corrected chi connectivity index (χ1v) is 8.46. The van der Waals surface area contributed by atoms with Crippen LogP contribution in [-0.2, 0) is 0 Å². The normalized spacial score (nSPS) is 16.8. The van der Waals surface area contributed by atoms with Crippen molar-refractivity contribution in [1.29, 1.82) is 0 Å². The topological polar surface area (TPSA) is 61.4 Å². The van der Waals surface area contributed by atoms with E-state index in [1.165, 1.54) is 12.8 Å². The number of carbonyl (C=O) groups excluding carboxylic acids is 2. The van der Waals surface area contributed by atoms with E-state index in [2.05, 4.69) is 10.6 Å². The second-order valence-corrected chi connectivity index (χ2v) is 6.16. The van der Waals surface area contributed by atoms with Gasteiger partial charge in [0.2, 0.25) is 0 Å². The fraction of sp³-hybridized carbons (Fsp3) is 0.556. The van der Waals surface area contributed by atoms with Gasteiger partial charge in [-0.3, -0.25) is 9.59 Å². The van der Waals surface area contributed by atoms with Crippen molar-refractivity contribution in [2.45, 2.75) is 26.2 Å². The molecule has 2 N–H and O–H groups in total. The molecule has 2 rings (SSSR count). The Morgan fingerprint density at radius 3 is 2.75 bits per heavy atom. The summed E-state index contributed by atoms with van der Waals surface area (Å²) in [6.07, 6.45) is 3.44. The average molecular weight is 354 g/mol. The Morgan fingerprint density at radius 1 is 1.33 bits per heavy atom. The molecule has 0 spiro atoms. The molecule has 0 saturated carbocycles. The van der Waals surface area contributed by atoms with Gasteiger partial charge < -0.3 is 15.5 Å². The van der Waals surface area contributed by atoms with E-state index in [0.29, 0.717) is 30.1 Å². The van der Waals surface area contributed by atoms with Gasteiger partial charge in [0, 0.05) is 31.3 Å². The molecule has 1 aliphatic heterocycles. The third kappa shape index (κ3) is 5.80. The highest BCUT2D eigenvalue weighted by atomic mass is 35.5. The predicted octanol–water partition coefficient (Wildman–Crippen LogP) is 2.32. The molecule has 1 aromatic carbocycles. The maximum absolute atomic E-state index is 12.2. The van der Waals surface area contributed by atoms with Crippen LogP contribution < -0.4 is 10.6 Å². The Labute approximate surface area is 150 Å². The summed E-state index contributed by atoms with van der Waals surface area (Å²) in [4.78, 5) is 26.0. The van der Waals surface area contributed by atoms with Crippen molar-refractivity contribution in [3.8, 4) is 0 Å². The van der Waals surface area contributed by atoms with Gasteiger partial charge in [0.05, 0.1) is 0 Å². The molecule has 134 valence electrons. The number of hydrogen-bond acceptors (Lipinski definition) is 3. The quantitative estimate of drug-likeness (QED) is 0.825. The highest BCUT2D eigenvalue weighted by Gasteiger charge is 2.15. The lowest BCUT2D eigenvalue weighted by Crippen LogP contribution is -2.33. The van der Waals surface area contributed by atoms with Crippen molar-refractivity contribution in [2.24, 2.45) is 5.92 Å². The van der Waals surface area contributed by atoms with Gasteiger partial charge in [0.25, 0.3) is 11.8 Å². The van der Waals surface area contributed by atoms with Gasteiger partial charge in [0.15, 0.2) is 0 Å². The Hall–Kier alpha value is -1.59. The number of halogens is 1. The lowest BCUT2D eigenvalue weighted by molar-refractivity contribution is 0.0802. The van der Waals surface area contributed by atoms with Crippen LogP contribution in [0.1, 0.15) is 46.9 Å². The van der Waals surface area contributed by atoms with Crippen LogP contribution in [0.25, 0.3) is 0 Å². The molecule has 0 aliphatic carbocycles. The molecular formula is C18H28ClN3O2. The lowest BCUT2D eigenvalue weighted by atomic mass is 9.96. The standard InChI is InChI=1S/C18H27N3O2.ClH/c1-3-21(2)18(23)16-8-4-7-15(12-16)17(22)20-11-9-14-6-5-10-19-13-14;/h4,7-8,12,14,19H,3,5-6,9-11,13H2,1-2H3,(H,20,22);1H. The molecule has 1 aliphatic rings. The summed E-state index contributed by atoms with van der Waals surface area (Å²) in [5.41, 5.74) is 1.10. The van der Waals surface area contributed by atoms with E-state index >= 15 is 0 Å². The maximum atomic E-state index is 12.2. The van der Waals surface area contributed by atoms with Gasteiger partial charge >= 0.3 is 0 Å². The Kier molecular flexibility index (Phi) is 8.79. The number of hydrogen-bond donors (Lipinski definition) is 2. The van der Waals surface area contributed by atoms with Gasteiger partial charge in [-0.05, 0) is 63.4 Å². The Balaban J connectivity index is 0.00000288. The molecule has 1 saturated heterocycles. The average Bonchev–Trinajstić information content (AvgIpc) is 2.61. The first kappa shape index (κ1) is 20.5. The van der Waals surface area contributed by atoms with Crippen molar-refractivity contribution >= 4 is 24.2 Å². The summed E-state index contributed by atoms with van der Waals surface area (Å²) in [6, 6.07) is 6.93.